The van der Waals surface area contributed by atoms with Crippen molar-refractivity contribution in [1.82, 2.24) is 9.88 Å². The quantitative estimate of drug-likeness (QED) is 0.794. The molecule has 0 unspecified atom stereocenters. The summed E-state index contributed by atoms with van der Waals surface area (Å²) in [4.78, 5) is 19.6. The van der Waals surface area contributed by atoms with Crippen molar-refractivity contribution in [3.05, 3.63) is 40.2 Å². The third kappa shape index (κ3) is 3.23. The van der Waals surface area contributed by atoms with Gasteiger partial charge in [-0.05, 0) is 51.3 Å². The molecule has 0 aliphatic carbocycles. The lowest BCUT2D eigenvalue weighted by Gasteiger charge is -2.34. The lowest BCUT2D eigenvalue weighted by atomic mass is 10.00. The van der Waals surface area contributed by atoms with Crippen LogP contribution in [0.4, 0.5) is 0 Å². The number of fused-ring (bicyclic) bond motifs is 1. The first-order valence-corrected chi connectivity index (χ1v) is 9.54. The van der Waals surface area contributed by atoms with Crippen molar-refractivity contribution in [2.24, 2.45) is 0 Å². The summed E-state index contributed by atoms with van der Waals surface area (Å²) in [6, 6.07) is 8.22. The Morgan fingerprint density at radius 1 is 1.33 bits per heavy atom. The Hall–Kier alpha value is -1.72. The van der Waals surface area contributed by atoms with Gasteiger partial charge >= 0.3 is 5.97 Å². The largest absolute Gasteiger partial charge is 0.459 e. The number of aryl methyl sites for hydroxylation is 1. The molecule has 2 fully saturated rings. The molecule has 4 nitrogen and oxygen atoms in total. The molecule has 1 aromatic heterocycles. The summed E-state index contributed by atoms with van der Waals surface area (Å²) >= 11 is 1.62. The van der Waals surface area contributed by atoms with E-state index in [2.05, 4.69) is 9.88 Å². The van der Waals surface area contributed by atoms with E-state index < -0.39 is 0 Å². The topological polar surface area (TPSA) is 42.4 Å². The van der Waals surface area contributed by atoms with Crippen LogP contribution in [0.25, 0.3) is 11.3 Å². The monoisotopic (exact) mass is 342 g/mol. The van der Waals surface area contributed by atoms with Gasteiger partial charge < -0.3 is 9.64 Å². The molecule has 0 N–H and O–H groups in total. The molecule has 2 aliphatic heterocycles. The number of hydrogen-bond acceptors (Lipinski definition) is 5. The first kappa shape index (κ1) is 15.8. The van der Waals surface area contributed by atoms with Gasteiger partial charge in [0.15, 0.2) is 0 Å². The molecule has 2 aliphatic rings. The maximum Gasteiger partial charge on any atom is 0.338 e. The van der Waals surface area contributed by atoms with E-state index in [1.165, 1.54) is 19.4 Å². The zero-order valence-electron chi connectivity index (χ0n) is 13.9. The molecular formula is C19H22N2O2S. The van der Waals surface area contributed by atoms with E-state index in [-0.39, 0.29) is 12.1 Å². The van der Waals surface area contributed by atoms with Gasteiger partial charge in [0.25, 0.3) is 0 Å². The summed E-state index contributed by atoms with van der Waals surface area (Å²) in [6.45, 7) is 4.25. The van der Waals surface area contributed by atoms with E-state index >= 15 is 0 Å². The van der Waals surface area contributed by atoms with Crippen LogP contribution < -0.4 is 0 Å². The van der Waals surface area contributed by atoms with Crippen LogP contribution in [-0.2, 0) is 4.74 Å². The normalized spacial score (nSPS) is 23.9. The van der Waals surface area contributed by atoms with Crippen molar-refractivity contribution in [1.29, 1.82) is 0 Å². The van der Waals surface area contributed by atoms with Crippen LogP contribution in [-0.4, -0.2) is 41.1 Å². The van der Waals surface area contributed by atoms with E-state index in [1.54, 1.807) is 11.3 Å². The average molecular weight is 342 g/mol. The summed E-state index contributed by atoms with van der Waals surface area (Å²) in [5, 5.41) is 3.05. The van der Waals surface area contributed by atoms with Gasteiger partial charge in [0.2, 0.25) is 0 Å². The maximum atomic E-state index is 12.5. The number of rotatable bonds is 3. The minimum Gasteiger partial charge on any atom is -0.459 e. The zero-order chi connectivity index (χ0) is 16.5. The number of thiazole rings is 1. The van der Waals surface area contributed by atoms with E-state index in [4.69, 9.17) is 4.74 Å². The van der Waals surface area contributed by atoms with Crippen LogP contribution in [0.1, 0.15) is 41.0 Å². The molecule has 2 saturated heterocycles. The summed E-state index contributed by atoms with van der Waals surface area (Å²) in [5.41, 5.74) is 2.51. The molecule has 0 spiro atoms. The number of aromatic nitrogens is 1. The van der Waals surface area contributed by atoms with Gasteiger partial charge in [0, 0.05) is 23.5 Å². The molecule has 24 heavy (non-hydrogen) atoms. The first-order chi connectivity index (χ1) is 11.7. The molecule has 0 amide bonds. The molecule has 0 radical (unpaired) electrons. The fourth-order valence-corrected chi connectivity index (χ4v) is 4.44. The molecule has 126 valence electrons. The molecular weight excluding hydrogens is 320 g/mol. The van der Waals surface area contributed by atoms with Gasteiger partial charge in [-0.15, -0.1) is 11.3 Å². The van der Waals surface area contributed by atoms with Crippen LogP contribution in [0.5, 0.6) is 0 Å². The van der Waals surface area contributed by atoms with Crippen LogP contribution in [0.15, 0.2) is 29.6 Å². The van der Waals surface area contributed by atoms with Gasteiger partial charge in [0.1, 0.15) is 6.10 Å². The standard InChI is InChI=1S/C19H22N2O2S/c1-13-20-18(12-24-13)14-4-2-5-15(10-14)19(22)23-17-7-9-21-8-3-6-16(21)11-17/h2,4-5,10,12,16-17H,3,6-9,11H2,1H3/t16-,17-/m1/s1. The van der Waals surface area contributed by atoms with Crippen molar-refractivity contribution < 1.29 is 9.53 Å². The second-order valence-electron chi connectivity index (χ2n) is 6.72. The van der Waals surface area contributed by atoms with Crippen molar-refractivity contribution in [3.8, 4) is 11.3 Å². The Morgan fingerprint density at radius 2 is 2.25 bits per heavy atom. The Kier molecular flexibility index (Phi) is 4.37. The number of carbonyl (C=O) groups is 1. The second-order valence-corrected chi connectivity index (χ2v) is 7.78. The van der Waals surface area contributed by atoms with Gasteiger partial charge in [-0.3, -0.25) is 0 Å². The van der Waals surface area contributed by atoms with E-state index in [0.29, 0.717) is 11.6 Å². The molecule has 2 aromatic rings. The maximum absolute atomic E-state index is 12.5. The van der Waals surface area contributed by atoms with Crippen molar-refractivity contribution >= 4 is 17.3 Å². The highest BCUT2D eigenvalue weighted by atomic mass is 32.1. The molecule has 2 atom stereocenters. The van der Waals surface area contributed by atoms with E-state index in [1.807, 2.05) is 36.6 Å². The minimum absolute atomic E-state index is 0.0574. The summed E-state index contributed by atoms with van der Waals surface area (Å²) in [6.07, 6.45) is 4.51. The fourth-order valence-electron chi connectivity index (χ4n) is 3.82. The highest BCUT2D eigenvalue weighted by molar-refractivity contribution is 7.09. The number of nitrogens with zero attached hydrogens (tertiary/aromatic N) is 2. The fraction of sp³-hybridized carbons (Fsp3) is 0.474. The summed E-state index contributed by atoms with van der Waals surface area (Å²) in [5.74, 6) is -0.208. The zero-order valence-corrected chi connectivity index (χ0v) is 14.7. The Bertz CT molecular complexity index is 742. The highest BCUT2D eigenvalue weighted by Gasteiger charge is 2.33. The van der Waals surface area contributed by atoms with Gasteiger partial charge in [-0.2, -0.15) is 0 Å². The van der Waals surface area contributed by atoms with Crippen LogP contribution in [0.2, 0.25) is 0 Å². The number of esters is 1. The van der Waals surface area contributed by atoms with Crippen molar-refractivity contribution in [3.63, 3.8) is 0 Å². The molecule has 0 saturated carbocycles. The van der Waals surface area contributed by atoms with Crippen LogP contribution in [0.3, 0.4) is 0 Å². The highest BCUT2D eigenvalue weighted by Crippen LogP contribution is 2.29. The number of ether oxygens (including phenoxy) is 1. The molecule has 0 bridgehead atoms. The number of hydrogen-bond donors (Lipinski definition) is 0. The second kappa shape index (κ2) is 6.65. The number of piperidine rings is 1. The van der Waals surface area contributed by atoms with E-state index in [0.717, 1.165) is 35.7 Å². The SMILES string of the molecule is Cc1nc(-c2cccc(C(=O)O[C@@H]3CCN4CCC[C@@H]4C3)c2)cs1. The first-order valence-electron chi connectivity index (χ1n) is 8.66. The minimum atomic E-state index is -0.208. The Balaban J connectivity index is 1.44. The molecule has 1 aromatic carbocycles. The molecule has 4 rings (SSSR count). The van der Waals surface area contributed by atoms with Crippen LogP contribution >= 0.6 is 11.3 Å². The predicted molar refractivity (Wildman–Crippen MR) is 95.3 cm³/mol. The smallest absolute Gasteiger partial charge is 0.338 e. The van der Waals surface area contributed by atoms with Gasteiger partial charge in [-0.1, -0.05) is 12.1 Å². The Labute approximate surface area is 146 Å². The van der Waals surface area contributed by atoms with Crippen molar-refractivity contribution in [2.45, 2.75) is 44.8 Å². The lowest BCUT2D eigenvalue weighted by molar-refractivity contribution is 0.00422. The summed E-state index contributed by atoms with van der Waals surface area (Å²) in [7, 11) is 0. The molecule has 3 heterocycles. The average Bonchev–Trinajstić information content (AvgIpc) is 3.23. The lowest BCUT2D eigenvalue weighted by Crippen LogP contribution is -2.41. The number of benzene rings is 1. The summed E-state index contributed by atoms with van der Waals surface area (Å²) < 4.78 is 5.80. The van der Waals surface area contributed by atoms with Gasteiger partial charge in [-0.25, -0.2) is 9.78 Å². The number of carbonyl (C=O) groups excluding carboxylic acids is 1. The van der Waals surface area contributed by atoms with Crippen LogP contribution in [0, 0.1) is 6.92 Å². The van der Waals surface area contributed by atoms with E-state index in [9.17, 15) is 4.79 Å². The van der Waals surface area contributed by atoms with Gasteiger partial charge in [0.05, 0.1) is 16.3 Å². The third-order valence-electron chi connectivity index (χ3n) is 5.06. The predicted octanol–water partition coefficient (Wildman–Crippen LogP) is 3.90. The Morgan fingerprint density at radius 3 is 3.08 bits per heavy atom. The van der Waals surface area contributed by atoms with Crippen molar-refractivity contribution in [2.75, 3.05) is 13.1 Å². The third-order valence-corrected chi connectivity index (χ3v) is 5.83. The molecule has 5 heteroatoms.